The van der Waals surface area contributed by atoms with Crippen LogP contribution in [0.5, 0.6) is 11.5 Å². The Bertz CT molecular complexity index is 1010. The summed E-state index contributed by atoms with van der Waals surface area (Å²) in [5.41, 5.74) is 5.11. The van der Waals surface area contributed by atoms with Gasteiger partial charge in [-0.05, 0) is 47.1 Å². The average molecular weight is 401 g/mol. The Hall–Kier alpha value is -2.87. The number of hydrogen-bond acceptors (Lipinski definition) is 5. The SMILES string of the molecule is Cc1nc2ccccn2c1C(=O)N/N=C\c1cc2c(cc1Br)OCO2. The van der Waals surface area contributed by atoms with Crippen molar-refractivity contribution in [1.82, 2.24) is 14.8 Å². The number of aryl methyl sites for hydroxylation is 1. The van der Waals surface area contributed by atoms with Gasteiger partial charge in [0.1, 0.15) is 11.3 Å². The third-order valence-corrected chi connectivity index (χ3v) is 4.47. The van der Waals surface area contributed by atoms with E-state index < -0.39 is 0 Å². The molecule has 1 N–H and O–H groups in total. The van der Waals surface area contributed by atoms with Gasteiger partial charge in [-0.15, -0.1) is 0 Å². The van der Waals surface area contributed by atoms with E-state index >= 15 is 0 Å². The molecule has 126 valence electrons. The van der Waals surface area contributed by atoms with Gasteiger partial charge in [0, 0.05) is 16.2 Å². The zero-order chi connectivity index (χ0) is 17.4. The van der Waals surface area contributed by atoms with Crippen LogP contribution in [0.25, 0.3) is 5.65 Å². The van der Waals surface area contributed by atoms with Crippen LogP contribution in [-0.4, -0.2) is 28.3 Å². The predicted molar refractivity (Wildman–Crippen MR) is 95.3 cm³/mol. The van der Waals surface area contributed by atoms with Crippen LogP contribution in [0, 0.1) is 6.92 Å². The fourth-order valence-electron chi connectivity index (χ4n) is 2.63. The van der Waals surface area contributed by atoms with Crippen molar-refractivity contribution in [3.05, 3.63) is 58.0 Å². The molecule has 3 heterocycles. The summed E-state index contributed by atoms with van der Waals surface area (Å²) in [6.45, 7) is 1.99. The number of halogens is 1. The molecule has 0 saturated heterocycles. The van der Waals surface area contributed by atoms with Crippen LogP contribution in [0.15, 0.2) is 46.1 Å². The van der Waals surface area contributed by atoms with Crippen molar-refractivity contribution in [3.63, 3.8) is 0 Å². The average Bonchev–Trinajstić information content (AvgIpc) is 3.17. The molecular weight excluding hydrogens is 388 g/mol. The van der Waals surface area contributed by atoms with Gasteiger partial charge in [0.05, 0.1) is 11.9 Å². The molecule has 1 amide bonds. The molecule has 1 aromatic carbocycles. The van der Waals surface area contributed by atoms with E-state index in [1.807, 2.05) is 18.2 Å². The summed E-state index contributed by atoms with van der Waals surface area (Å²) in [5, 5.41) is 4.04. The summed E-state index contributed by atoms with van der Waals surface area (Å²) < 4.78 is 13.2. The van der Waals surface area contributed by atoms with Crippen molar-refractivity contribution in [2.75, 3.05) is 6.79 Å². The van der Waals surface area contributed by atoms with Crippen molar-refractivity contribution in [2.24, 2.45) is 5.10 Å². The molecule has 4 rings (SSSR count). The summed E-state index contributed by atoms with van der Waals surface area (Å²) in [6, 6.07) is 9.16. The summed E-state index contributed by atoms with van der Waals surface area (Å²) >= 11 is 3.45. The maximum absolute atomic E-state index is 12.5. The minimum atomic E-state index is -0.329. The number of aromatic nitrogens is 2. The normalized spacial score (nSPS) is 12.9. The maximum atomic E-state index is 12.5. The van der Waals surface area contributed by atoms with E-state index in [0.29, 0.717) is 28.5 Å². The molecule has 0 radical (unpaired) electrons. The number of carbonyl (C=O) groups excluding carboxylic acids is 1. The minimum Gasteiger partial charge on any atom is -0.454 e. The number of rotatable bonds is 3. The summed E-state index contributed by atoms with van der Waals surface area (Å²) in [4.78, 5) is 16.8. The second-order valence-electron chi connectivity index (χ2n) is 5.40. The van der Waals surface area contributed by atoms with Crippen molar-refractivity contribution in [2.45, 2.75) is 6.92 Å². The highest BCUT2D eigenvalue weighted by atomic mass is 79.9. The second kappa shape index (κ2) is 6.21. The highest BCUT2D eigenvalue weighted by Crippen LogP contribution is 2.36. The quantitative estimate of drug-likeness (QED) is 0.541. The van der Waals surface area contributed by atoms with Crippen LogP contribution >= 0.6 is 15.9 Å². The van der Waals surface area contributed by atoms with Gasteiger partial charge < -0.3 is 9.47 Å². The van der Waals surface area contributed by atoms with E-state index in [2.05, 4.69) is 31.4 Å². The zero-order valence-corrected chi connectivity index (χ0v) is 14.8. The lowest BCUT2D eigenvalue weighted by atomic mass is 10.2. The number of benzene rings is 1. The van der Waals surface area contributed by atoms with E-state index in [4.69, 9.17) is 9.47 Å². The number of hydrazone groups is 1. The molecule has 0 atom stereocenters. The molecule has 1 aliphatic rings. The lowest BCUT2D eigenvalue weighted by Crippen LogP contribution is -2.20. The molecule has 0 bridgehead atoms. The molecule has 2 aromatic heterocycles. The van der Waals surface area contributed by atoms with Gasteiger partial charge in [0.2, 0.25) is 6.79 Å². The van der Waals surface area contributed by atoms with Gasteiger partial charge in [-0.25, -0.2) is 10.4 Å². The third kappa shape index (κ3) is 2.85. The van der Waals surface area contributed by atoms with Crippen LogP contribution in [0.4, 0.5) is 0 Å². The molecule has 0 saturated carbocycles. The Kier molecular flexibility index (Phi) is 3.89. The Morgan fingerprint density at radius 1 is 1.36 bits per heavy atom. The molecule has 3 aromatic rings. The first kappa shape index (κ1) is 15.6. The Labute approximate surface area is 151 Å². The molecule has 0 fully saturated rings. The molecule has 0 unspecified atom stereocenters. The number of nitrogens with one attached hydrogen (secondary N) is 1. The molecule has 7 nitrogen and oxygen atoms in total. The van der Waals surface area contributed by atoms with E-state index in [-0.39, 0.29) is 12.7 Å². The van der Waals surface area contributed by atoms with Gasteiger partial charge in [0.15, 0.2) is 11.5 Å². The lowest BCUT2D eigenvalue weighted by molar-refractivity contribution is 0.0948. The molecule has 25 heavy (non-hydrogen) atoms. The van der Waals surface area contributed by atoms with Crippen LogP contribution in [0.1, 0.15) is 21.7 Å². The second-order valence-corrected chi connectivity index (χ2v) is 6.26. The fraction of sp³-hybridized carbons (Fsp3) is 0.118. The van der Waals surface area contributed by atoms with Crippen molar-refractivity contribution >= 4 is 33.7 Å². The van der Waals surface area contributed by atoms with Crippen molar-refractivity contribution < 1.29 is 14.3 Å². The Balaban J connectivity index is 1.56. The van der Waals surface area contributed by atoms with Crippen molar-refractivity contribution in [3.8, 4) is 11.5 Å². The smallest absolute Gasteiger partial charge is 0.290 e. The number of carbonyl (C=O) groups is 1. The largest absolute Gasteiger partial charge is 0.454 e. The molecule has 0 spiro atoms. The van der Waals surface area contributed by atoms with Gasteiger partial charge in [-0.1, -0.05) is 6.07 Å². The summed E-state index contributed by atoms with van der Waals surface area (Å²) in [6.07, 6.45) is 3.34. The lowest BCUT2D eigenvalue weighted by Gasteiger charge is -2.03. The minimum absolute atomic E-state index is 0.201. The predicted octanol–water partition coefficient (Wildman–Crippen LogP) is 2.90. The fourth-order valence-corrected chi connectivity index (χ4v) is 3.06. The maximum Gasteiger partial charge on any atom is 0.290 e. The number of ether oxygens (including phenoxy) is 2. The summed E-state index contributed by atoms with van der Waals surface area (Å²) in [5.74, 6) is 0.993. The molecular formula is C17H13BrN4O3. The monoisotopic (exact) mass is 400 g/mol. The van der Waals surface area contributed by atoms with E-state index in [1.165, 1.54) is 0 Å². The van der Waals surface area contributed by atoms with E-state index in [0.717, 1.165) is 10.0 Å². The van der Waals surface area contributed by atoms with Gasteiger partial charge in [0.25, 0.3) is 5.91 Å². The molecule has 0 aliphatic carbocycles. The van der Waals surface area contributed by atoms with Crippen molar-refractivity contribution in [1.29, 1.82) is 0 Å². The van der Waals surface area contributed by atoms with Gasteiger partial charge in [-0.3, -0.25) is 9.20 Å². The van der Waals surface area contributed by atoms with Gasteiger partial charge >= 0.3 is 0 Å². The first-order valence-corrected chi connectivity index (χ1v) is 8.29. The first-order valence-electron chi connectivity index (χ1n) is 7.50. The number of amides is 1. The number of fused-ring (bicyclic) bond motifs is 2. The zero-order valence-electron chi connectivity index (χ0n) is 13.2. The third-order valence-electron chi connectivity index (χ3n) is 3.78. The summed E-state index contributed by atoms with van der Waals surface area (Å²) in [7, 11) is 0. The highest BCUT2D eigenvalue weighted by Gasteiger charge is 2.17. The number of hydrogen-bond donors (Lipinski definition) is 1. The van der Waals surface area contributed by atoms with Crippen LogP contribution < -0.4 is 14.9 Å². The Morgan fingerprint density at radius 3 is 3.00 bits per heavy atom. The van der Waals surface area contributed by atoms with E-state index in [1.54, 1.807) is 35.9 Å². The van der Waals surface area contributed by atoms with Crippen LogP contribution in [-0.2, 0) is 0 Å². The molecule has 8 heteroatoms. The van der Waals surface area contributed by atoms with Crippen LogP contribution in [0.3, 0.4) is 0 Å². The molecule has 1 aliphatic heterocycles. The number of nitrogens with zero attached hydrogens (tertiary/aromatic N) is 3. The highest BCUT2D eigenvalue weighted by molar-refractivity contribution is 9.10. The first-order chi connectivity index (χ1) is 12.1. The van der Waals surface area contributed by atoms with Gasteiger partial charge in [-0.2, -0.15) is 5.10 Å². The number of imidazole rings is 1. The number of pyridine rings is 1. The topological polar surface area (TPSA) is 77.2 Å². The standard InChI is InChI=1S/C17H13BrN4O3/c1-10-16(22-5-3-2-4-15(22)20-10)17(23)21-19-8-11-6-13-14(7-12(11)18)25-9-24-13/h2-8H,9H2,1H3,(H,21,23)/b19-8-. The van der Waals surface area contributed by atoms with Crippen LogP contribution in [0.2, 0.25) is 0 Å². The Morgan fingerprint density at radius 2 is 2.16 bits per heavy atom. The van der Waals surface area contributed by atoms with E-state index in [9.17, 15) is 4.79 Å².